The Morgan fingerprint density at radius 1 is 1.42 bits per heavy atom. The summed E-state index contributed by atoms with van der Waals surface area (Å²) >= 11 is 3.28. The summed E-state index contributed by atoms with van der Waals surface area (Å²) in [6.45, 7) is 4.77. The summed E-state index contributed by atoms with van der Waals surface area (Å²) in [7, 11) is 0. The predicted molar refractivity (Wildman–Crippen MR) is 80.3 cm³/mol. The van der Waals surface area contributed by atoms with Gasteiger partial charge in [-0.25, -0.2) is 4.39 Å². The lowest BCUT2D eigenvalue weighted by Gasteiger charge is -2.13. The van der Waals surface area contributed by atoms with Gasteiger partial charge in [0.15, 0.2) is 0 Å². The maximum Gasteiger partial charge on any atom is 0.148 e. The molecule has 0 spiro atoms. The van der Waals surface area contributed by atoms with Crippen LogP contribution in [0.1, 0.15) is 36.9 Å². The van der Waals surface area contributed by atoms with Gasteiger partial charge in [-0.2, -0.15) is 0 Å². The zero-order chi connectivity index (χ0) is 13.6. The number of hydrogen-bond acceptors (Lipinski definition) is 2. The van der Waals surface area contributed by atoms with Crippen molar-refractivity contribution in [2.75, 3.05) is 11.9 Å². The first-order valence-corrected chi connectivity index (χ1v) is 7.44. The number of hydrogen-bond donors (Lipinski definition) is 1. The van der Waals surface area contributed by atoms with E-state index >= 15 is 0 Å². The van der Waals surface area contributed by atoms with Crippen molar-refractivity contribution in [1.82, 2.24) is 4.98 Å². The second-order valence-corrected chi connectivity index (χ2v) is 5.97. The zero-order valence-corrected chi connectivity index (χ0v) is 12.6. The second kappa shape index (κ2) is 4.75. The van der Waals surface area contributed by atoms with Crippen LogP contribution < -0.4 is 5.32 Å². The Labute approximate surface area is 120 Å². The fourth-order valence-corrected chi connectivity index (χ4v) is 2.97. The molecule has 3 rings (SSSR count). The Hall–Kier alpha value is -1.16. The van der Waals surface area contributed by atoms with Crippen molar-refractivity contribution in [1.29, 1.82) is 0 Å². The first kappa shape index (κ1) is 12.9. The SMILES string of the molecule is CCNc1cc(C2CC2)nc2c(C)cc(Br)c(F)c12. The predicted octanol–water partition coefficient (Wildman–Crippen LogP) is 4.75. The molecule has 1 aliphatic carbocycles. The largest absolute Gasteiger partial charge is 0.385 e. The number of pyridine rings is 1. The molecular formula is C15H16BrFN2. The van der Waals surface area contributed by atoms with Crippen LogP contribution in [0, 0.1) is 12.7 Å². The third-order valence-corrected chi connectivity index (χ3v) is 4.13. The molecule has 0 saturated heterocycles. The van der Waals surface area contributed by atoms with Gasteiger partial charge < -0.3 is 5.32 Å². The summed E-state index contributed by atoms with van der Waals surface area (Å²) < 4.78 is 14.9. The Kier molecular flexibility index (Phi) is 3.21. The average Bonchev–Trinajstić information content (AvgIpc) is 3.20. The fraction of sp³-hybridized carbons (Fsp3) is 0.400. The topological polar surface area (TPSA) is 24.9 Å². The molecule has 1 saturated carbocycles. The summed E-state index contributed by atoms with van der Waals surface area (Å²) in [6, 6.07) is 3.82. The molecule has 1 N–H and O–H groups in total. The molecule has 19 heavy (non-hydrogen) atoms. The van der Waals surface area contributed by atoms with E-state index in [-0.39, 0.29) is 5.82 Å². The summed E-state index contributed by atoms with van der Waals surface area (Å²) in [5.41, 5.74) is 3.73. The van der Waals surface area contributed by atoms with E-state index in [1.165, 1.54) is 12.8 Å². The molecule has 0 unspecified atom stereocenters. The minimum absolute atomic E-state index is 0.230. The molecule has 0 atom stereocenters. The number of benzene rings is 1. The molecule has 0 aliphatic heterocycles. The molecule has 2 aromatic rings. The zero-order valence-electron chi connectivity index (χ0n) is 11.1. The lowest BCUT2D eigenvalue weighted by Crippen LogP contribution is -2.03. The van der Waals surface area contributed by atoms with E-state index < -0.39 is 0 Å². The van der Waals surface area contributed by atoms with Crippen molar-refractivity contribution in [3.63, 3.8) is 0 Å². The second-order valence-electron chi connectivity index (χ2n) is 5.11. The summed E-state index contributed by atoms with van der Waals surface area (Å²) in [4.78, 5) is 4.68. The van der Waals surface area contributed by atoms with E-state index in [1.807, 2.05) is 19.9 Å². The number of anilines is 1. The molecule has 1 fully saturated rings. The molecule has 1 aromatic heterocycles. The van der Waals surface area contributed by atoms with Crippen molar-refractivity contribution in [2.24, 2.45) is 0 Å². The standard InChI is InChI=1S/C15H16BrFN2/c1-3-18-12-7-11(9-4-5-9)19-15-8(2)6-10(16)14(17)13(12)15/h6-7,9H,3-5H2,1-2H3,(H,18,19). The first-order valence-electron chi connectivity index (χ1n) is 6.65. The van der Waals surface area contributed by atoms with Crippen molar-refractivity contribution in [2.45, 2.75) is 32.6 Å². The number of fused-ring (bicyclic) bond motifs is 1. The highest BCUT2D eigenvalue weighted by molar-refractivity contribution is 9.10. The molecule has 0 bridgehead atoms. The third-order valence-electron chi connectivity index (χ3n) is 3.55. The van der Waals surface area contributed by atoms with E-state index in [0.29, 0.717) is 15.8 Å². The van der Waals surface area contributed by atoms with Gasteiger partial charge in [-0.05, 0) is 60.3 Å². The highest BCUT2D eigenvalue weighted by Gasteiger charge is 2.27. The van der Waals surface area contributed by atoms with Gasteiger partial charge in [-0.1, -0.05) is 0 Å². The van der Waals surface area contributed by atoms with Crippen LogP contribution in [-0.4, -0.2) is 11.5 Å². The van der Waals surface area contributed by atoms with E-state index in [1.54, 1.807) is 6.07 Å². The molecule has 1 aromatic carbocycles. The van der Waals surface area contributed by atoms with Crippen molar-refractivity contribution < 1.29 is 4.39 Å². The lowest BCUT2D eigenvalue weighted by atomic mass is 10.1. The van der Waals surface area contributed by atoms with Crippen LogP contribution in [0.3, 0.4) is 0 Å². The van der Waals surface area contributed by atoms with Crippen LogP contribution in [-0.2, 0) is 0 Å². The van der Waals surface area contributed by atoms with Gasteiger partial charge in [0, 0.05) is 23.8 Å². The van der Waals surface area contributed by atoms with Crippen LogP contribution in [0.5, 0.6) is 0 Å². The Morgan fingerprint density at radius 2 is 2.16 bits per heavy atom. The normalized spacial score (nSPS) is 14.9. The molecule has 4 heteroatoms. The highest BCUT2D eigenvalue weighted by atomic mass is 79.9. The molecule has 1 aliphatic rings. The van der Waals surface area contributed by atoms with Crippen molar-refractivity contribution in [3.05, 3.63) is 33.7 Å². The summed E-state index contributed by atoms with van der Waals surface area (Å²) in [5, 5.41) is 3.86. The fourth-order valence-electron chi connectivity index (χ4n) is 2.43. The van der Waals surface area contributed by atoms with Crippen molar-refractivity contribution in [3.8, 4) is 0 Å². The van der Waals surface area contributed by atoms with Crippen LogP contribution >= 0.6 is 15.9 Å². The number of halogens is 2. The first-order chi connectivity index (χ1) is 9.11. The molecule has 0 radical (unpaired) electrons. The van der Waals surface area contributed by atoms with Crippen LogP contribution in [0.15, 0.2) is 16.6 Å². The van der Waals surface area contributed by atoms with Crippen LogP contribution in [0.2, 0.25) is 0 Å². The van der Waals surface area contributed by atoms with Gasteiger partial charge in [0.2, 0.25) is 0 Å². The van der Waals surface area contributed by atoms with Crippen molar-refractivity contribution >= 4 is 32.5 Å². The molecule has 1 heterocycles. The van der Waals surface area contributed by atoms with Gasteiger partial charge in [0.1, 0.15) is 5.82 Å². The smallest absolute Gasteiger partial charge is 0.148 e. The van der Waals surface area contributed by atoms with Gasteiger partial charge in [-0.15, -0.1) is 0 Å². The van der Waals surface area contributed by atoms with E-state index in [9.17, 15) is 4.39 Å². The Bertz CT molecular complexity index is 650. The number of rotatable bonds is 3. The Morgan fingerprint density at radius 3 is 2.79 bits per heavy atom. The van der Waals surface area contributed by atoms with Gasteiger partial charge in [0.05, 0.1) is 15.4 Å². The minimum Gasteiger partial charge on any atom is -0.385 e. The monoisotopic (exact) mass is 322 g/mol. The van der Waals surface area contributed by atoms with Gasteiger partial charge >= 0.3 is 0 Å². The lowest BCUT2D eigenvalue weighted by molar-refractivity contribution is 0.633. The summed E-state index contributed by atoms with van der Waals surface area (Å²) in [6.07, 6.45) is 2.39. The molecule has 0 amide bonds. The quantitative estimate of drug-likeness (QED) is 0.881. The summed E-state index contributed by atoms with van der Waals surface area (Å²) in [5.74, 6) is 0.333. The van der Waals surface area contributed by atoms with Crippen LogP contribution in [0.4, 0.5) is 10.1 Å². The average molecular weight is 323 g/mol. The van der Waals surface area contributed by atoms with Crippen LogP contribution in [0.25, 0.3) is 10.9 Å². The maximum atomic E-state index is 14.4. The highest BCUT2D eigenvalue weighted by Crippen LogP contribution is 2.42. The van der Waals surface area contributed by atoms with E-state index in [2.05, 4.69) is 26.2 Å². The van der Waals surface area contributed by atoms with E-state index in [4.69, 9.17) is 0 Å². The Balaban J connectivity index is 2.33. The van der Waals surface area contributed by atoms with Gasteiger partial charge in [0.25, 0.3) is 0 Å². The number of aromatic nitrogens is 1. The van der Waals surface area contributed by atoms with Gasteiger partial charge in [-0.3, -0.25) is 4.98 Å². The van der Waals surface area contributed by atoms with E-state index in [0.717, 1.165) is 29.0 Å². The number of nitrogens with zero attached hydrogens (tertiary/aromatic N) is 1. The maximum absolute atomic E-state index is 14.4. The molecular weight excluding hydrogens is 307 g/mol. The molecule has 2 nitrogen and oxygen atoms in total. The number of nitrogens with one attached hydrogen (secondary N) is 1. The minimum atomic E-state index is -0.230. The third kappa shape index (κ3) is 2.22. The number of aryl methyl sites for hydroxylation is 1. The molecule has 100 valence electrons.